The van der Waals surface area contributed by atoms with Crippen LogP contribution in [-0.4, -0.2) is 28.9 Å². The second-order valence-electron chi connectivity index (χ2n) is 7.53. The summed E-state index contributed by atoms with van der Waals surface area (Å²) in [7, 11) is 0. The number of aromatic nitrogens is 1. The van der Waals surface area contributed by atoms with Gasteiger partial charge in [-0.05, 0) is 55.5 Å². The molecule has 2 heterocycles. The van der Waals surface area contributed by atoms with Crippen LogP contribution in [0, 0.1) is 5.92 Å². The number of carbonyl (C=O) groups excluding carboxylic acids is 1. The number of nitrogens with zero attached hydrogens (tertiary/aromatic N) is 1. The fourth-order valence-electron chi connectivity index (χ4n) is 4.33. The number of hydrogen-bond donors (Lipinski definition) is 1. The minimum atomic E-state index is -0.0744. The van der Waals surface area contributed by atoms with Crippen molar-refractivity contribution in [2.75, 3.05) is 13.2 Å². The minimum absolute atomic E-state index is 0.0744. The number of para-hydroxylation sites is 1. The van der Waals surface area contributed by atoms with Gasteiger partial charge in [-0.3, -0.25) is 4.79 Å². The predicted octanol–water partition coefficient (Wildman–Crippen LogP) is 4.45. The maximum absolute atomic E-state index is 13.1. The zero-order valence-electron chi connectivity index (χ0n) is 15.6. The largest absolute Gasteiger partial charge is 0.494 e. The fourth-order valence-corrected chi connectivity index (χ4v) is 4.33. The third-order valence-electron chi connectivity index (χ3n) is 5.73. The lowest BCUT2D eigenvalue weighted by Crippen LogP contribution is -2.41. The second-order valence-corrected chi connectivity index (χ2v) is 7.53. The Balaban J connectivity index is 1.65. The van der Waals surface area contributed by atoms with Crippen LogP contribution >= 0.6 is 0 Å². The van der Waals surface area contributed by atoms with Crippen molar-refractivity contribution in [3.8, 4) is 5.75 Å². The molecule has 0 bridgehead atoms. The summed E-state index contributed by atoms with van der Waals surface area (Å²) in [4.78, 5) is 18.8. The van der Waals surface area contributed by atoms with Gasteiger partial charge in [0.1, 0.15) is 5.75 Å². The Hall–Kier alpha value is -2.75. The molecule has 1 saturated carbocycles. The summed E-state index contributed by atoms with van der Waals surface area (Å²) < 4.78 is 5.73. The van der Waals surface area contributed by atoms with Gasteiger partial charge in [-0.15, -0.1) is 0 Å². The molecule has 4 nitrogen and oxygen atoms in total. The number of rotatable bonds is 4. The Morgan fingerprint density at radius 2 is 2.04 bits per heavy atom. The summed E-state index contributed by atoms with van der Waals surface area (Å²) in [6.45, 7) is 3.40. The first kappa shape index (κ1) is 16.4. The molecule has 4 heteroatoms. The van der Waals surface area contributed by atoms with Gasteiger partial charge in [0.25, 0.3) is 0 Å². The standard InChI is InChI=1S/C23H24N2O2/c1-2-27-17-7-5-6-16(14-17)22-21-19(18-8-3-4-9-20(18)24-21)12-13-25(22)23(26)15-10-11-15/h3-9,14-15,22,24H,2,10-13H2,1H3/t22-/m1/s1. The summed E-state index contributed by atoms with van der Waals surface area (Å²) in [5, 5.41) is 1.27. The maximum atomic E-state index is 13.1. The molecule has 1 atom stereocenters. The average Bonchev–Trinajstić information content (AvgIpc) is 3.47. The van der Waals surface area contributed by atoms with Gasteiger partial charge < -0.3 is 14.6 Å². The maximum Gasteiger partial charge on any atom is 0.226 e. The van der Waals surface area contributed by atoms with Crippen LogP contribution in [0.4, 0.5) is 0 Å². The number of carbonyl (C=O) groups is 1. The van der Waals surface area contributed by atoms with Gasteiger partial charge in [0, 0.05) is 29.1 Å². The van der Waals surface area contributed by atoms with E-state index < -0.39 is 0 Å². The number of amides is 1. The molecule has 1 aromatic heterocycles. The molecule has 1 amide bonds. The Kier molecular flexibility index (Phi) is 3.92. The van der Waals surface area contributed by atoms with E-state index in [2.05, 4.69) is 46.3 Å². The van der Waals surface area contributed by atoms with E-state index >= 15 is 0 Å². The summed E-state index contributed by atoms with van der Waals surface area (Å²) in [5.74, 6) is 1.37. The van der Waals surface area contributed by atoms with E-state index in [1.165, 1.54) is 10.9 Å². The van der Waals surface area contributed by atoms with Crippen LogP contribution in [0.15, 0.2) is 48.5 Å². The highest BCUT2D eigenvalue weighted by atomic mass is 16.5. The van der Waals surface area contributed by atoms with Crippen LogP contribution in [-0.2, 0) is 11.2 Å². The van der Waals surface area contributed by atoms with Crippen LogP contribution in [0.1, 0.15) is 42.6 Å². The highest BCUT2D eigenvalue weighted by Gasteiger charge is 2.40. The third kappa shape index (κ3) is 2.80. The van der Waals surface area contributed by atoms with Crippen molar-refractivity contribution >= 4 is 16.8 Å². The molecular formula is C23H24N2O2. The zero-order valence-corrected chi connectivity index (χ0v) is 15.6. The smallest absolute Gasteiger partial charge is 0.226 e. The summed E-state index contributed by atoms with van der Waals surface area (Å²) in [6.07, 6.45) is 2.96. The van der Waals surface area contributed by atoms with E-state index in [1.807, 2.05) is 19.1 Å². The number of ether oxygens (including phenoxy) is 1. The Labute approximate surface area is 159 Å². The van der Waals surface area contributed by atoms with Crippen LogP contribution in [0.25, 0.3) is 10.9 Å². The molecular weight excluding hydrogens is 336 g/mol. The first-order chi connectivity index (χ1) is 13.3. The lowest BCUT2D eigenvalue weighted by atomic mass is 9.92. The SMILES string of the molecule is CCOc1cccc([C@@H]2c3[nH]c4ccccc4c3CCN2C(=O)C2CC2)c1. The molecule has 1 N–H and O–H groups in total. The molecule has 5 rings (SSSR count). The molecule has 1 aliphatic carbocycles. The van der Waals surface area contributed by atoms with Gasteiger partial charge in [-0.25, -0.2) is 0 Å². The number of nitrogens with one attached hydrogen (secondary N) is 1. The van der Waals surface area contributed by atoms with E-state index in [0.29, 0.717) is 12.5 Å². The number of hydrogen-bond acceptors (Lipinski definition) is 2. The fraction of sp³-hybridized carbons (Fsp3) is 0.348. The van der Waals surface area contributed by atoms with Crippen molar-refractivity contribution in [3.63, 3.8) is 0 Å². The van der Waals surface area contributed by atoms with Gasteiger partial charge in [-0.2, -0.15) is 0 Å². The molecule has 2 aromatic carbocycles. The summed E-state index contributed by atoms with van der Waals surface area (Å²) in [5.41, 5.74) is 4.76. The van der Waals surface area contributed by atoms with Crippen molar-refractivity contribution in [2.45, 2.75) is 32.2 Å². The van der Waals surface area contributed by atoms with Crippen LogP contribution in [0.3, 0.4) is 0 Å². The third-order valence-corrected chi connectivity index (χ3v) is 5.73. The first-order valence-corrected chi connectivity index (χ1v) is 9.89. The van der Waals surface area contributed by atoms with E-state index in [4.69, 9.17) is 4.74 Å². The number of fused-ring (bicyclic) bond motifs is 3. The van der Waals surface area contributed by atoms with Crippen molar-refractivity contribution in [2.24, 2.45) is 5.92 Å². The van der Waals surface area contributed by atoms with E-state index in [9.17, 15) is 4.79 Å². The molecule has 138 valence electrons. The molecule has 0 spiro atoms. The van der Waals surface area contributed by atoms with Crippen LogP contribution in [0.5, 0.6) is 5.75 Å². The van der Waals surface area contributed by atoms with Gasteiger partial charge in [0.05, 0.1) is 12.6 Å². The lowest BCUT2D eigenvalue weighted by molar-refractivity contribution is -0.134. The molecule has 2 aliphatic rings. The van der Waals surface area contributed by atoms with E-state index in [-0.39, 0.29) is 12.0 Å². The van der Waals surface area contributed by atoms with Gasteiger partial charge >= 0.3 is 0 Å². The average molecular weight is 360 g/mol. The second kappa shape index (κ2) is 6.45. The molecule has 27 heavy (non-hydrogen) atoms. The van der Waals surface area contributed by atoms with Gasteiger partial charge in [0.2, 0.25) is 5.91 Å². The highest BCUT2D eigenvalue weighted by Crippen LogP contribution is 2.42. The van der Waals surface area contributed by atoms with Crippen molar-refractivity contribution in [3.05, 3.63) is 65.4 Å². The quantitative estimate of drug-likeness (QED) is 0.747. The molecule has 1 aliphatic heterocycles. The summed E-state index contributed by atoms with van der Waals surface area (Å²) >= 11 is 0. The van der Waals surface area contributed by atoms with E-state index in [0.717, 1.165) is 48.3 Å². The number of H-pyrrole nitrogens is 1. The van der Waals surface area contributed by atoms with Crippen LogP contribution < -0.4 is 4.74 Å². The van der Waals surface area contributed by atoms with E-state index in [1.54, 1.807) is 0 Å². The molecule has 0 unspecified atom stereocenters. The van der Waals surface area contributed by atoms with Gasteiger partial charge in [-0.1, -0.05) is 30.3 Å². The zero-order chi connectivity index (χ0) is 18.4. The molecule has 1 fully saturated rings. The number of benzene rings is 2. The van der Waals surface area contributed by atoms with Crippen LogP contribution in [0.2, 0.25) is 0 Å². The first-order valence-electron chi connectivity index (χ1n) is 9.89. The Bertz CT molecular complexity index is 1000. The lowest BCUT2D eigenvalue weighted by Gasteiger charge is -2.36. The predicted molar refractivity (Wildman–Crippen MR) is 106 cm³/mol. The summed E-state index contributed by atoms with van der Waals surface area (Å²) in [6, 6.07) is 16.6. The Morgan fingerprint density at radius 1 is 1.19 bits per heavy atom. The highest BCUT2D eigenvalue weighted by molar-refractivity contribution is 5.87. The normalized spacial score (nSPS) is 19.1. The minimum Gasteiger partial charge on any atom is -0.494 e. The molecule has 0 saturated heterocycles. The molecule has 3 aromatic rings. The van der Waals surface area contributed by atoms with Gasteiger partial charge in [0.15, 0.2) is 0 Å². The Morgan fingerprint density at radius 3 is 2.85 bits per heavy atom. The van der Waals surface area contributed by atoms with Crippen molar-refractivity contribution < 1.29 is 9.53 Å². The molecule has 0 radical (unpaired) electrons. The van der Waals surface area contributed by atoms with Crippen molar-refractivity contribution in [1.29, 1.82) is 0 Å². The topological polar surface area (TPSA) is 45.3 Å². The van der Waals surface area contributed by atoms with Crippen molar-refractivity contribution in [1.82, 2.24) is 9.88 Å². The monoisotopic (exact) mass is 360 g/mol. The number of aromatic amines is 1.